The number of carbonyl (C=O) groups excluding carboxylic acids is 2. The highest BCUT2D eigenvalue weighted by atomic mass is 16.6. The summed E-state index contributed by atoms with van der Waals surface area (Å²) in [5, 5.41) is 0.896. The van der Waals surface area contributed by atoms with E-state index in [4.69, 9.17) is 19.2 Å². The summed E-state index contributed by atoms with van der Waals surface area (Å²) in [6.07, 6.45) is 0.832. The van der Waals surface area contributed by atoms with Crippen molar-refractivity contribution in [2.45, 2.75) is 46.6 Å². The first kappa shape index (κ1) is 23.3. The Kier molecular flexibility index (Phi) is 7.13. The molecule has 0 amide bonds. The third kappa shape index (κ3) is 4.90. The van der Waals surface area contributed by atoms with Crippen LogP contribution in [0.1, 0.15) is 50.5 Å². The molecule has 0 N–H and O–H groups in total. The second-order valence-corrected chi connectivity index (χ2v) is 7.80. The number of fused-ring (bicyclic) bond motifs is 1. The highest BCUT2D eigenvalue weighted by Crippen LogP contribution is 2.30. The number of rotatable bonds is 8. The maximum atomic E-state index is 12.7. The van der Waals surface area contributed by atoms with Gasteiger partial charge >= 0.3 is 11.9 Å². The maximum absolute atomic E-state index is 12.7. The van der Waals surface area contributed by atoms with Crippen molar-refractivity contribution >= 4 is 22.8 Å². The van der Waals surface area contributed by atoms with E-state index in [2.05, 4.69) is 6.92 Å². The van der Waals surface area contributed by atoms with E-state index in [-0.39, 0.29) is 13.2 Å². The summed E-state index contributed by atoms with van der Waals surface area (Å²) in [4.78, 5) is 29.7. The molecule has 0 saturated heterocycles. The molecule has 3 rings (SSSR count). The largest absolute Gasteiger partial charge is 0.476 e. The molecule has 0 atom stereocenters. The fourth-order valence-electron chi connectivity index (χ4n) is 3.45. The second kappa shape index (κ2) is 9.81. The van der Waals surface area contributed by atoms with Gasteiger partial charge in [0.2, 0.25) is 0 Å². The molecule has 1 aromatic heterocycles. The summed E-state index contributed by atoms with van der Waals surface area (Å²) in [7, 11) is 0. The zero-order valence-electron chi connectivity index (χ0n) is 19.2. The van der Waals surface area contributed by atoms with Gasteiger partial charge in [0.25, 0.3) is 0 Å². The van der Waals surface area contributed by atoms with E-state index in [0.717, 1.165) is 28.5 Å². The molecule has 0 spiro atoms. The van der Waals surface area contributed by atoms with E-state index >= 15 is 0 Å². The molecule has 0 fully saturated rings. The lowest BCUT2D eigenvalue weighted by molar-refractivity contribution is -0.158. The van der Waals surface area contributed by atoms with Crippen LogP contribution in [0.5, 0.6) is 5.75 Å². The number of benzene rings is 2. The summed E-state index contributed by atoms with van der Waals surface area (Å²) in [6, 6.07) is 14.9. The highest BCUT2D eigenvalue weighted by molar-refractivity contribution is 6.01. The molecule has 0 unspecified atom stereocenters. The fourth-order valence-corrected chi connectivity index (χ4v) is 3.45. The van der Waals surface area contributed by atoms with Gasteiger partial charge in [0.05, 0.1) is 30.0 Å². The van der Waals surface area contributed by atoms with Crippen molar-refractivity contribution in [3.05, 3.63) is 59.7 Å². The molecule has 6 nitrogen and oxygen atoms in total. The number of hydrogen-bond acceptors (Lipinski definition) is 6. The van der Waals surface area contributed by atoms with Crippen molar-refractivity contribution in [2.75, 3.05) is 13.2 Å². The Hall–Kier alpha value is -3.41. The average molecular weight is 436 g/mol. The van der Waals surface area contributed by atoms with Gasteiger partial charge in [-0.3, -0.25) is 0 Å². The zero-order valence-corrected chi connectivity index (χ0v) is 19.2. The van der Waals surface area contributed by atoms with Crippen molar-refractivity contribution in [1.29, 1.82) is 0 Å². The Labute approximate surface area is 188 Å². The van der Waals surface area contributed by atoms with Crippen molar-refractivity contribution in [2.24, 2.45) is 0 Å². The molecule has 0 aliphatic carbocycles. The summed E-state index contributed by atoms with van der Waals surface area (Å²) in [5.41, 5.74) is 2.56. The van der Waals surface area contributed by atoms with E-state index in [1.807, 2.05) is 36.4 Å². The second-order valence-electron chi connectivity index (χ2n) is 7.80. The average Bonchev–Trinajstić information content (AvgIpc) is 2.78. The number of aromatic nitrogens is 1. The topological polar surface area (TPSA) is 74.7 Å². The smallest absolute Gasteiger partial charge is 0.349 e. The monoisotopic (exact) mass is 435 g/mol. The first-order valence-electron chi connectivity index (χ1n) is 10.9. The lowest BCUT2D eigenvalue weighted by Crippen LogP contribution is -2.39. The predicted octanol–water partition coefficient (Wildman–Crippen LogP) is 5.36. The van der Waals surface area contributed by atoms with Crippen LogP contribution in [0.25, 0.3) is 22.2 Å². The minimum Gasteiger partial charge on any atom is -0.476 e. The molecule has 0 radical (unpaired) electrons. The fraction of sp³-hybridized carbons (Fsp3) is 0.346. The number of hydrogen-bond donors (Lipinski definition) is 0. The van der Waals surface area contributed by atoms with Crippen LogP contribution in [0.4, 0.5) is 0 Å². The first-order valence-corrected chi connectivity index (χ1v) is 10.9. The normalized spacial score (nSPS) is 11.3. The number of nitrogens with zero attached hydrogens (tertiary/aromatic N) is 1. The van der Waals surface area contributed by atoms with E-state index in [9.17, 15) is 9.59 Å². The summed E-state index contributed by atoms with van der Waals surface area (Å²) in [6.45, 7) is 9.50. The molecule has 1 heterocycles. The van der Waals surface area contributed by atoms with Crippen LogP contribution in [-0.4, -0.2) is 35.7 Å². The van der Waals surface area contributed by atoms with Gasteiger partial charge in [0.1, 0.15) is 5.75 Å². The molecule has 6 heteroatoms. The van der Waals surface area contributed by atoms with E-state index in [1.54, 1.807) is 39.8 Å². The van der Waals surface area contributed by atoms with Gasteiger partial charge in [-0.1, -0.05) is 25.1 Å². The van der Waals surface area contributed by atoms with Crippen LogP contribution in [-0.2, 0) is 20.7 Å². The van der Waals surface area contributed by atoms with E-state index in [0.29, 0.717) is 17.0 Å². The number of ether oxygens (including phenoxy) is 3. The molecule has 32 heavy (non-hydrogen) atoms. The van der Waals surface area contributed by atoms with Crippen LogP contribution >= 0.6 is 0 Å². The van der Waals surface area contributed by atoms with Crippen molar-refractivity contribution in [1.82, 2.24) is 4.98 Å². The summed E-state index contributed by atoms with van der Waals surface area (Å²) >= 11 is 0. The zero-order chi connectivity index (χ0) is 23.3. The SMILES string of the molecule is CCOC(=O)c1cc2cccc(CC)c2nc1-c1ccc(OC(C)(C)C(=O)OCC)cc1. The number of pyridine rings is 1. The van der Waals surface area contributed by atoms with E-state index in [1.165, 1.54) is 0 Å². The minimum atomic E-state index is -1.12. The van der Waals surface area contributed by atoms with E-state index < -0.39 is 17.5 Å². The molecule has 0 aliphatic rings. The maximum Gasteiger partial charge on any atom is 0.349 e. The Morgan fingerprint density at radius 3 is 2.25 bits per heavy atom. The number of esters is 2. The molecule has 0 saturated carbocycles. The first-order chi connectivity index (χ1) is 15.3. The van der Waals surface area contributed by atoms with Crippen LogP contribution in [0, 0.1) is 0 Å². The van der Waals surface area contributed by atoms with Crippen LogP contribution < -0.4 is 4.74 Å². The lowest BCUT2D eigenvalue weighted by atomic mass is 10.0. The number of carbonyl (C=O) groups is 2. The predicted molar refractivity (Wildman–Crippen MR) is 124 cm³/mol. The van der Waals surface area contributed by atoms with Crippen LogP contribution in [0.3, 0.4) is 0 Å². The Morgan fingerprint density at radius 2 is 1.62 bits per heavy atom. The molecule has 0 aliphatic heterocycles. The van der Waals surface area contributed by atoms with Gasteiger partial charge in [0, 0.05) is 10.9 Å². The number of para-hydroxylation sites is 1. The standard InChI is InChI=1S/C26H29NO5/c1-6-17-10-9-11-19-16-21(24(28)30-7-2)23(27-22(17)19)18-12-14-20(15-13-18)32-26(4,5)25(29)31-8-3/h9-16H,6-8H2,1-5H3. The molecule has 0 bridgehead atoms. The van der Waals surface area contributed by atoms with Gasteiger partial charge in [-0.25, -0.2) is 14.6 Å². The Bertz CT molecular complexity index is 1120. The molecular formula is C26H29NO5. The third-order valence-electron chi connectivity index (χ3n) is 5.07. The number of aryl methyl sites for hydroxylation is 1. The van der Waals surface area contributed by atoms with Gasteiger partial charge in [-0.05, 0) is 70.0 Å². The van der Waals surface area contributed by atoms with Gasteiger partial charge < -0.3 is 14.2 Å². The van der Waals surface area contributed by atoms with Crippen molar-refractivity contribution in [3.63, 3.8) is 0 Å². The quantitative estimate of drug-likeness (QED) is 0.443. The molecule has 168 valence electrons. The third-order valence-corrected chi connectivity index (χ3v) is 5.07. The van der Waals surface area contributed by atoms with Gasteiger partial charge in [-0.15, -0.1) is 0 Å². The molecule has 2 aromatic carbocycles. The molecule has 3 aromatic rings. The van der Waals surface area contributed by atoms with Gasteiger partial charge in [-0.2, -0.15) is 0 Å². The lowest BCUT2D eigenvalue weighted by Gasteiger charge is -2.24. The Morgan fingerprint density at radius 1 is 0.938 bits per heavy atom. The highest BCUT2D eigenvalue weighted by Gasteiger charge is 2.31. The van der Waals surface area contributed by atoms with Crippen molar-refractivity contribution < 1.29 is 23.8 Å². The molecular weight excluding hydrogens is 406 g/mol. The van der Waals surface area contributed by atoms with Crippen LogP contribution in [0.2, 0.25) is 0 Å². The van der Waals surface area contributed by atoms with Gasteiger partial charge in [0.15, 0.2) is 5.60 Å². The summed E-state index contributed by atoms with van der Waals surface area (Å²) < 4.78 is 16.2. The minimum absolute atomic E-state index is 0.279. The summed E-state index contributed by atoms with van der Waals surface area (Å²) in [5.74, 6) is -0.334. The van der Waals surface area contributed by atoms with Crippen molar-refractivity contribution in [3.8, 4) is 17.0 Å². The van der Waals surface area contributed by atoms with Crippen LogP contribution in [0.15, 0.2) is 48.5 Å². The Balaban J connectivity index is 2.03.